The Morgan fingerprint density at radius 2 is 2.00 bits per heavy atom. The van der Waals surface area contributed by atoms with Crippen molar-refractivity contribution in [2.45, 2.75) is 26.7 Å². The fourth-order valence-corrected chi connectivity index (χ4v) is 3.68. The highest BCUT2D eigenvalue weighted by molar-refractivity contribution is 7.68. The molecule has 1 N–H and O–H groups in total. The lowest BCUT2D eigenvalue weighted by molar-refractivity contribution is -0.140. The summed E-state index contributed by atoms with van der Waals surface area (Å²) in [5.74, 6) is -0.716. The molecule has 0 aliphatic heterocycles. The van der Waals surface area contributed by atoms with Crippen LogP contribution in [-0.4, -0.2) is 30.5 Å². The van der Waals surface area contributed by atoms with Gasteiger partial charge in [-0.25, -0.2) is 0 Å². The molecule has 0 aliphatic carbocycles. The molecule has 0 unspecified atom stereocenters. The molecule has 0 saturated carbocycles. The molecular weight excluding hydrogens is 279 g/mol. The molecule has 6 heteroatoms. The van der Waals surface area contributed by atoms with E-state index in [-0.39, 0.29) is 30.4 Å². The lowest BCUT2D eigenvalue weighted by Crippen LogP contribution is -2.18. The molecule has 1 rings (SSSR count). The molecule has 0 fully saturated rings. The van der Waals surface area contributed by atoms with Gasteiger partial charge in [-0.2, -0.15) is 0 Å². The number of phenolic OH excluding ortho intramolecular Hbond substituents is 1. The minimum atomic E-state index is -3.45. The monoisotopic (exact) mass is 300 g/mol. The van der Waals surface area contributed by atoms with Crippen molar-refractivity contribution in [1.82, 2.24) is 0 Å². The molecule has 112 valence electrons. The average molecular weight is 300 g/mol. The molecular formula is C14H21O5P. The molecule has 0 aromatic heterocycles. The second-order valence-electron chi connectivity index (χ2n) is 4.31. The standard InChI is InChI=1S/C14H21O5P/c1-3-5-10-19-20(17,11-14(16)18-4-2)13-9-7-6-8-12(13)15/h6-9,15H,3-5,10-11H2,1-2H3/t20-/m1/s1. The number of phenols is 1. The van der Waals surface area contributed by atoms with Crippen molar-refractivity contribution >= 4 is 18.6 Å². The number of benzene rings is 1. The topological polar surface area (TPSA) is 72.8 Å². The van der Waals surface area contributed by atoms with Crippen molar-refractivity contribution in [2.75, 3.05) is 19.4 Å². The number of ether oxygens (including phenoxy) is 1. The van der Waals surface area contributed by atoms with Gasteiger partial charge in [-0.3, -0.25) is 9.36 Å². The maximum Gasteiger partial charge on any atom is 0.315 e. The second-order valence-corrected chi connectivity index (χ2v) is 6.72. The Hall–Kier alpha value is -1.32. The minimum absolute atomic E-state index is 0.128. The van der Waals surface area contributed by atoms with Crippen molar-refractivity contribution in [3.8, 4) is 5.75 Å². The van der Waals surface area contributed by atoms with Gasteiger partial charge in [0.1, 0.15) is 11.9 Å². The van der Waals surface area contributed by atoms with Gasteiger partial charge in [0.15, 0.2) is 0 Å². The number of unbranched alkanes of at least 4 members (excludes halogenated alkanes) is 1. The van der Waals surface area contributed by atoms with E-state index in [4.69, 9.17) is 9.26 Å². The predicted octanol–water partition coefficient (Wildman–Crippen LogP) is 2.68. The number of carbonyl (C=O) groups excluding carboxylic acids is 1. The molecule has 5 nitrogen and oxygen atoms in total. The van der Waals surface area contributed by atoms with Crippen LogP contribution in [0.4, 0.5) is 0 Å². The maximum absolute atomic E-state index is 12.9. The maximum atomic E-state index is 12.9. The molecule has 0 heterocycles. The fraction of sp³-hybridized carbons (Fsp3) is 0.500. The molecule has 20 heavy (non-hydrogen) atoms. The average Bonchev–Trinajstić information content (AvgIpc) is 2.39. The van der Waals surface area contributed by atoms with E-state index in [2.05, 4.69) is 0 Å². The predicted molar refractivity (Wildman–Crippen MR) is 77.7 cm³/mol. The summed E-state index contributed by atoms with van der Waals surface area (Å²) in [6.45, 7) is 4.16. The Labute approximate surface area is 119 Å². The van der Waals surface area contributed by atoms with Crippen molar-refractivity contribution in [1.29, 1.82) is 0 Å². The van der Waals surface area contributed by atoms with Crippen LogP contribution in [-0.2, 0) is 18.6 Å². The van der Waals surface area contributed by atoms with Gasteiger partial charge in [0, 0.05) is 0 Å². The summed E-state index contributed by atoms with van der Waals surface area (Å²) < 4.78 is 23.2. The third kappa shape index (κ3) is 4.66. The van der Waals surface area contributed by atoms with Crippen LogP contribution in [0.25, 0.3) is 0 Å². The molecule has 1 aromatic rings. The Kier molecular flexibility index (Phi) is 6.76. The van der Waals surface area contributed by atoms with Gasteiger partial charge < -0.3 is 14.4 Å². The summed E-state index contributed by atoms with van der Waals surface area (Å²) in [7, 11) is -3.45. The van der Waals surface area contributed by atoms with Crippen LogP contribution in [0, 0.1) is 0 Å². The van der Waals surface area contributed by atoms with Gasteiger partial charge in [0.2, 0.25) is 7.37 Å². The SMILES string of the molecule is CCCCO[P@](=O)(CC(=O)OCC)c1ccccc1O. The molecule has 0 saturated heterocycles. The van der Waals surface area contributed by atoms with Gasteiger partial charge >= 0.3 is 5.97 Å². The van der Waals surface area contributed by atoms with Crippen LogP contribution < -0.4 is 5.30 Å². The fourth-order valence-electron chi connectivity index (χ4n) is 1.69. The molecule has 0 bridgehead atoms. The molecule has 0 radical (unpaired) electrons. The first kappa shape index (κ1) is 16.7. The Bertz CT molecular complexity index is 486. The smallest absolute Gasteiger partial charge is 0.315 e. The van der Waals surface area contributed by atoms with Crippen molar-refractivity contribution in [3.05, 3.63) is 24.3 Å². The number of carbonyl (C=O) groups is 1. The van der Waals surface area contributed by atoms with Crippen molar-refractivity contribution in [3.63, 3.8) is 0 Å². The van der Waals surface area contributed by atoms with Crippen LogP contribution in [0.15, 0.2) is 24.3 Å². The Morgan fingerprint density at radius 1 is 1.30 bits per heavy atom. The summed E-state index contributed by atoms with van der Waals surface area (Å²) in [6.07, 6.45) is 1.27. The van der Waals surface area contributed by atoms with E-state index >= 15 is 0 Å². The third-order valence-corrected chi connectivity index (χ3v) is 5.08. The van der Waals surface area contributed by atoms with Gasteiger partial charge in [-0.15, -0.1) is 0 Å². The first-order valence-electron chi connectivity index (χ1n) is 6.71. The first-order valence-corrected chi connectivity index (χ1v) is 8.52. The molecule has 1 atom stereocenters. The second kappa shape index (κ2) is 8.08. The first-order chi connectivity index (χ1) is 9.53. The van der Waals surface area contributed by atoms with Gasteiger partial charge in [0.05, 0.1) is 18.5 Å². The van der Waals surface area contributed by atoms with E-state index in [0.717, 1.165) is 12.8 Å². The van der Waals surface area contributed by atoms with E-state index in [0.29, 0.717) is 0 Å². The number of esters is 1. The number of hydrogen-bond donors (Lipinski definition) is 1. The van der Waals surface area contributed by atoms with E-state index in [1.807, 2.05) is 6.92 Å². The van der Waals surface area contributed by atoms with Crippen LogP contribution >= 0.6 is 7.37 Å². The van der Waals surface area contributed by atoms with Crippen molar-refractivity contribution in [2.24, 2.45) is 0 Å². The highest BCUT2D eigenvalue weighted by Crippen LogP contribution is 2.48. The highest BCUT2D eigenvalue weighted by Gasteiger charge is 2.32. The summed E-state index contributed by atoms with van der Waals surface area (Å²) in [6, 6.07) is 6.22. The largest absolute Gasteiger partial charge is 0.507 e. The lowest BCUT2D eigenvalue weighted by atomic mass is 10.3. The van der Waals surface area contributed by atoms with Crippen molar-refractivity contribution < 1.29 is 23.7 Å². The molecule has 0 aliphatic rings. The number of aromatic hydroxyl groups is 1. The Morgan fingerprint density at radius 3 is 2.60 bits per heavy atom. The molecule has 0 amide bonds. The minimum Gasteiger partial charge on any atom is -0.507 e. The number of hydrogen-bond acceptors (Lipinski definition) is 5. The van der Waals surface area contributed by atoms with E-state index < -0.39 is 13.3 Å². The quantitative estimate of drug-likeness (QED) is 0.454. The van der Waals surface area contributed by atoms with Gasteiger partial charge in [-0.1, -0.05) is 25.5 Å². The summed E-state index contributed by atoms with van der Waals surface area (Å²) in [5.41, 5.74) is 0. The van der Waals surface area contributed by atoms with E-state index in [1.54, 1.807) is 19.1 Å². The van der Waals surface area contributed by atoms with Crippen LogP contribution in [0.2, 0.25) is 0 Å². The zero-order chi connectivity index (χ0) is 15.0. The molecule has 1 aromatic carbocycles. The zero-order valence-corrected chi connectivity index (χ0v) is 12.8. The highest BCUT2D eigenvalue weighted by atomic mass is 31.2. The summed E-state index contributed by atoms with van der Waals surface area (Å²) in [5, 5.41) is 10.0. The van der Waals surface area contributed by atoms with E-state index in [9.17, 15) is 14.5 Å². The van der Waals surface area contributed by atoms with E-state index in [1.165, 1.54) is 12.1 Å². The van der Waals surface area contributed by atoms with Gasteiger partial charge in [-0.05, 0) is 25.5 Å². The summed E-state index contributed by atoms with van der Waals surface area (Å²) in [4.78, 5) is 11.6. The molecule has 0 spiro atoms. The van der Waals surface area contributed by atoms with Crippen LogP contribution in [0.1, 0.15) is 26.7 Å². The van der Waals surface area contributed by atoms with Crippen LogP contribution in [0.5, 0.6) is 5.75 Å². The lowest BCUT2D eigenvalue weighted by Gasteiger charge is -2.19. The zero-order valence-electron chi connectivity index (χ0n) is 11.9. The normalized spacial score (nSPS) is 13.7. The Balaban J connectivity index is 2.97. The van der Waals surface area contributed by atoms with Crippen LogP contribution in [0.3, 0.4) is 0 Å². The summed E-state index contributed by atoms with van der Waals surface area (Å²) >= 11 is 0. The third-order valence-electron chi connectivity index (χ3n) is 2.69. The number of para-hydroxylation sites is 1. The number of rotatable bonds is 8. The van der Waals surface area contributed by atoms with Gasteiger partial charge in [0.25, 0.3) is 0 Å².